The molecule has 1 aromatic carbocycles. The molecular weight excluding hydrogens is 226 g/mol. The van der Waals surface area contributed by atoms with E-state index in [1.54, 1.807) is 0 Å². The number of aryl methyl sites for hydroxylation is 2. The van der Waals surface area contributed by atoms with Crippen molar-refractivity contribution in [2.24, 2.45) is 7.05 Å². The van der Waals surface area contributed by atoms with Crippen molar-refractivity contribution in [2.45, 2.75) is 19.4 Å². The highest BCUT2D eigenvalue weighted by molar-refractivity contribution is 5.46. The molecule has 0 saturated heterocycles. The summed E-state index contributed by atoms with van der Waals surface area (Å²) in [7, 11) is 1.93. The molecule has 4 nitrogen and oxygen atoms in total. The van der Waals surface area contributed by atoms with E-state index in [1.807, 2.05) is 37.0 Å². The molecule has 4 heteroatoms. The van der Waals surface area contributed by atoms with Crippen molar-refractivity contribution in [1.29, 1.82) is 0 Å². The number of anilines is 1. The second-order valence-corrected chi connectivity index (χ2v) is 4.73. The van der Waals surface area contributed by atoms with Gasteiger partial charge in [-0.2, -0.15) is 5.10 Å². The van der Waals surface area contributed by atoms with Crippen molar-refractivity contribution in [3.05, 3.63) is 41.7 Å². The maximum atomic E-state index is 5.89. The number of rotatable bonds is 3. The summed E-state index contributed by atoms with van der Waals surface area (Å²) in [5, 5.41) is 7.71. The van der Waals surface area contributed by atoms with Crippen LogP contribution >= 0.6 is 0 Å². The second kappa shape index (κ2) is 4.37. The van der Waals surface area contributed by atoms with Gasteiger partial charge in [0, 0.05) is 19.7 Å². The van der Waals surface area contributed by atoms with Crippen molar-refractivity contribution in [3.63, 3.8) is 0 Å². The first-order chi connectivity index (χ1) is 8.72. The molecule has 0 amide bonds. The average Bonchev–Trinajstić information content (AvgIpc) is 2.89. The van der Waals surface area contributed by atoms with Crippen LogP contribution in [0.5, 0.6) is 5.75 Å². The van der Waals surface area contributed by atoms with Crippen LogP contribution in [0.1, 0.15) is 11.3 Å². The van der Waals surface area contributed by atoms with E-state index >= 15 is 0 Å². The Labute approximate surface area is 107 Å². The van der Waals surface area contributed by atoms with Gasteiger partial charge in [0.2, 0.25) is 0 Å². The van der Waals surface area contributed by atoms with Gasteiger partial charge < -0.3 is 10.1 Å². The maximum Gasteiger partial charge on any atom is 0.123 e. The van der Waals surface area contributed by atoms with Crippen LogP contribution in [0.25, 0.3) is 0 Å². The van der Waals surface area contributed by atoms with Crippen molar-refractivity contribution in [1.82, 2.24) is 9.78 Å². The highest BCUT2D eigenvalue weighted by atomic mass is 16.5. The summed E-state index contributed by atoms with van der Waals surface area (Å²) < 4.78 is 7.71. The molecule has 2 heterocycles. The van der Waals surface area contributed by atoms with Crippen LogP contribution in [-0.4, -0.2) is 22.4 Å². The zero-order chi connectivity index (χ0) is 12.5. The third-order valence-electron chi connectivity index (χ3n) is 3.25. The molecule has 1 aromatic heterocycles. The van der Waals surface area contributed by atoms with Crippen molar-refractivity contribution < 1.29 is 4.74 Å². The number of benzene rings is 1. The van der Waals surface area contributed by atoms with Gasteiger partial charge in [0.15, 0.2) is 0 Å². The Morgan fingerprint density at radius 3 is 3.00 bits per heavy atom. The standard InChI is InChI=1S/C14H17N3O/c1-10-13(9-17(2)16-10)15-8-12-7-11-5-3-4-6-14(11)18-12/h3-6,9,12,15H,7-8H2,1-2H3. The number of hydrogen-bond acceptors (Lipinski definition) is 3. The molecule has 1 unspecified atom stereocenters. The van der Waals surface area contributed by atoms with E-state index in [0.717, 1.165) is 30.1 Å². The first-order valence-corrected chi connectivity index (χ1v) is 6.21. The molecule has 1 atom stereocenters. The fourth-order valence-electron chi connectivity index (χ4n) is 2.36. The molecule has 0 aliphatic carbocycles. The number of nitrogens with one attached hydrogen (secondary N) is 1. The van der Waals surface area contributed by atoms with Gasteiger partial charge in [0.05, 0.1) is 17.9 Å². The minimum absolute atomic E-state index is 0.210. The fraction of sp³-hybridized carbons (Fsp3) is 0.357. The monoisotopic (exact) mass is 243 g/mol. The third-order valence-corrected chi connectivity index (χ3v) is 3.25. The largest absolute Gasteiger partial charge is 0.488 e. The van der Waals surface area contributed by atoms with Crippen molar-refractivity contribution >= 4 is 5.69 Å². The molecule has 0 spiro atoms. The van der Waals surface area contributed by atoms with Crippen molar-refractivity contribution in [3.8, 4) is 5.75 Å². The summed E-state index contributed by atoms with van der Waals surface area (Å²) >= 11 is 0. The molecular formula is C14H17N3O. The van der Waals surface area contributed by atoms with E-state index in [9.17, 15) is 0 Å². The minimum atomic E-state index is 0.210. The number of para-hydroxylation sites is 1. The molecule has 3 rings (SSSR count). The summed E-state index contributed by atoms with van der Waals surface area (Å²) in [6.45, 7) is 2.81. The average molecular weight is 243 g/mol. The number of hydrogen-bond donors (Lipinski definition) is 1. The fourth-order valence-corrected chi connectivity index (χ4v) is 2.36. The first-order valence-electron chi connectivity index (χ1n) is 6.21. The molecule has 18 heavy (non-hydrogen) atoms. The van der Waals surface area contributed by atoms with Gasteiger partial charge in [-0.25, -0.2) is 0 Å². The molecule has 1 aliphatic heterocycles. The number of nitrogens with zero attached hydrogens (tertiary/aromatic N) is 2. The number of ether oxygens (including phenoxy) is 1. The molecule has 94 valence electrons. The van der Waals surface area contributed by atoms with Gasteiger partial charge in [-0.1, -0.05) is 18.2 Å². The maximum absolute atomic E-state index is 5.89. The van der Waals surface area contributed by atoms with Crippen LogP contribution in [0.2, 0.25) is 0 Å². The predicted molar refractivity (Wildman–Crippen MR) is 71.0 cm³/mol. The van der Waals surface area contributed by atoms with Gasteiger partial charge in [-0.3, -0.25) is 4.68 Å². The lowest BCUT2D eigenvalue weighted by atomic mass is 10.1. The Hall–Kier alpha value is -1.97. The van der Waals surface area contributed by atoms with Gasteiger partial charge >= 0.3 is 0 Å². The topological polar surface area (TPSA) is 39.1 Å². The highest BCUT2D eigenvalue weighted by Crippen LogP contribution is 2.28. The Morgan fingerprint density at radius 2 is 2.28 bits per heavy atom. The Kier molecular flexibility index (Phi) is 2.70. The molecule has 1 N–H and O–H groups in total. The van der Waals surface area contributed by atoms with Crippen LogP contribution in [0.15, 0.2) is 30.5 Å². The Balaban J connectivity index is 1.62. The summed E-state index contributed by atoms with van der Waals surface area (Å²) in [5.41, 5.74) is 3.40. The van der Waals surface area contributed by atoms with E-state index in [1.165, 1.54) is 5.56 Å². The molecule has 1 aliphatic rings. The minimum Gasteiger partial charge on any atom is -0.488 e. The van der Waals surface area contributed by atoms with Gasteiger partial charge in [0.1, 0.15) is 11.9 Å². The van der Waals surface area contributed by atoms with E-state index in [-0.39, 0.29) is 6.10 Å². The molecule has 0 radical (unpaired) electrons. The zero-order valence-electron chi connectivity index (χ0n) is 10.7. The van der Waals surface area contributed by atoms with Crippen LogP contribution < -0.4 is 10.1 Å². The highest BCUT2D eigenvalue weighted by Gasteiger charge is 2.22. The quantitative estimate of drug-likeness (QED) is 0.897. The molecule has 0 fully saturated rings. The lowest BCUT2D eigenvalue weighted by Crippen LogP contribution is -2.24. The van der Waals surface area contributed by atoms with E-state index in [0.29, 0.717) is 0 Å². The van der Waals surface area contributed by atoms with Gasteiger partial charge in [-0.15, -0.1) is 0 Å². The Morgan fingerprint density at radius 1 is 1.44 bits per heavy atom. The summed E-state index contributed by atoms with van der Waals surface area (Å²) in [6.07, 6.45) is 3.18. The zero-order valence-corrected chi connectivity index (χ0v) is 10.7. The van der Waals surface area contributed by atoms with Crippen LogP contribution in [0, 0.1) is 6.92 Å². The van der Waals surface area contributed by atoms with E-state index < -0.39 is 0 Å². The molecule has 0 saturated carbocycles. The van der Waals surface area contributed by atoms with Crippen LogP contribution in [-0.2, 0) is 13.5 Å². The first kappa shape index (κ1) is 11.1. The van der Waals surface area contributed by atoms with Gasteiger partial charge in [-0.05, 0) is 18.6 Å². The van der Waals surface area contributed by atoms with Gasteiger partial charge in [0.25, 0.3) is 0 Å². The normalized spacial score (nSPS) is 17.3. The smallest absolute Gasteiger partial charge is 0.123 e. The van der Waals surface area contributed by atoms with E-state index in [2.05, 4.69) is 22.5 Å². The summed E-state index contributed by atoms with van der Waals surface area (Å²) in [6, 6.07) is 8.23. The Bertz CT molecular complexity index is 537. The SMILES string of the molecule is Cc1nn(C)cc1NCC1Cc2ccccc2O1. The third kappa shape index (κ3) is 2.06. The molecule has 2 aromatic rings. The second-order valence-electron chi connectivity index (χ2n) is 4.73. The number of aromatic nitrogens is 2. The summed E-state index contributed by atoms with van der Waals surface area (Å²) in [4.78, 5) is 0. The predicted octanol–water partition coefficient (Wildman–Crippen LogP) is 2.14. The number of fused-ring (bicyclic) bond motifs is 1. The van der Waals surface area contributed by atoms with Crippen LogP contribution in [0.3, 0.4) is 0 Å². The van der Waals surface area contributed by atoms with Crippen LogP contribution in [0.4, 0.5) is 5.69 Å². The lowest BCUT2D eigenvalue weighted by Gasteiger charge is -2.12. The van der Waals surface area contributed by atoms with Crippen molar-refractivity contribution in [2.75, 3.05) is 11.9 Å². The lowest BCUT2D eigenvalue weighted by molar-refractivity contribution is 0.246. The summed E-state index contributed by atoms with van der Waals surface area (Å²) in [5.74, 6) is 1.02. The molecule has 0 bridgehead atoms. The van der Waals surface area contributed by atoms with E-state index in [4.69, 9.17) is 4.74 Å².